The van der Waals surface area contributed by atoms with Crippen LogP contribution in [-0.4, -0.2) is 15.7 Å². The highest BCUT2D eigenvalue weighted by Gasteiger charge is 2.17. The first-order valence-corrected chi connectivity index (χ1v) is 7.37. The number of carbonyl (C=O) groups is 1. The lowest BCUT2D eigenvalue weighted by Crippen LogP contribution is -2.22. The monoisotopic (exact) mass is 318 g/mol. The normalized spacial score (nSPS) is 11.0. The number of hydrogen-bond donors (Lipinski definition) is 2. The largest absolute Gasteiger partial charge is 0.398 e. The maximum Gasteiger partial charge on any atom is 0.365 e. The molecule has 0 atom stereocenters. The average Bonchev–Trinajstić information content (AvgIpc) is 2.90. The van der Waals surface area contributed by atoms with E-state index in [0.717, 1.165) is 10.8 Å². The summed E-state index contributed by atoms with van der Waals surface area (Å²) in [4.78, 5) is 22.2. The summed E-state index contributed by atoms with van der Waals surface area (Å²) in [7, 11) is 0. The van der Waals surface area contributed by atoms with E-state index in [-0.39, 0.29) is 11.5 Å². The second-order valence-electron chi connectivity index (χ2n) is 5.42. The van der Waals surface area contributed by atoms with Crippen molar-refractivity contribution in [3.63, 3.8) is 0 Å². The van der Waals surface area contributed by atoms with Gasteiger partial charge >= 0.3 is 5.97 Å². The first-order valence-electron chi connectivity index (χ1n) is 7.37. The van der Waals surface area contributed by atoms with E-state index in [1.165, 1.54) is 4.73 Å². The zero-order valence-electron chi connectivity index (χ0n) is 12.6. The van der Waals surface area contributed by atoms with Crippen LogP contribution in [0.2, 0.25) is 0 Å². The van der Waals surface area contributed by atoms with Crippen molar-refractivity contribution in [2.45, 2.75) is 0 Å². The molecule has 118 valence electrons. The van der Waals surface area contributed by atoms with Gasteiger partial charge in [0.05, 0.1) is 11.1 Å². The van der Waals surface area contributed by atoms with Crippen molar-refractivity contribution < 1.29 is 9.63 Å². The molecular weight excluding hydrogens is 304 g/mol. The Hall–Kier alpha value is -3.54. The Kier molecular flexibility index (Phi) is 3.09. The van der Waals surface area contributed by atoms with Crippen LogP contribution in [0.5, 0.6) is 0 Å². The molecule has 4 aromatic rings. The maximum absolute atomic E-state index is 12.6. The number of hydrogen-bond acceptors (Lipinski definition) is 5. The van der Waals surface area contributed by atoms with Gasteiger partial charge in [-0.2, -0.15) is 0 Å². The summed E-state index contributed by atoms with van der Waals surface area (Å²) in [5.41, 5.74) is 13.8. The molecule has 0 amide bonds. The molecule has 6 heteroatoms. The molecule has 4 N–H and O–H groups in total. The van der Waals surface area contributed by atoms with Crippen LogP contribution in [-0.2, 0) is 0 Å². The van der Waals surface area contributed by atoms with Crippen LogP contribution >= 0.6 is 0 Å². The summed E-state index contributed by atoms with van der Waals surface area (Å²) in [6.07, 6.45) is 0. The van der Waals surface area contributed by atoms with Gasteiger partial charge in [-0.3, -0.25) is 0 Å². The smallest absolute Gasteiger partial charge is 0.365 e. The number of anilines is 2. The molecule has 0 aliphatic carbocycles. The number of imidazole rings is 1. The first kappa shape index (κ1) is 14.1. The molecule has 0 bridgehead atoms. The Morgan fingerprint density at radius 3 is 2.42 bits per heavy atom. The van der Waals surface area contributed by atoms with E-state index in [9.17, 15) is 4.79 Å². The quantitative estimate of drug-likeness (QED) is 0.554. The minimum atomic E-state index is -0.590. The maximum atomic E-state index is 12.6. The second-order valence-corrected chi connectivity index (χ2v) is 5.42. The van der Waals surface area contributed by atoms with Gasteiger partial charge in [0.1, 0.15) is 5.52 Å². The minimum absolute atomic E-state index is 0.101. The van der Waals surface area contributed by atoms with Crippen LogP contribution in [0, 0.1) is 0 Å². The van der Waals surface area contributed by atoms with E-state index in [1.807, 2.05) is 36.4 Å². The van der Waals surface area contributed by atoms with Gasteiger partial charge in [0, 0.05) is 5.69 Å². The number of nitrogens with two attached hydrogens (primary N) is 2. The van der Waals surface area contributed by atoms with E-state index in [2.05, 4.69) is 4.98 Å². The molecule has 24 heavy (non-hydrogen) atoms. The lowest BCUT2D eigenvalue weighted by atomic mass is 10.1. The predicted molar refractivity (Wildman–Crippen MR) is 93.4 cm³/mol. The predicted octanol–water partition coefficient (Wildman–Crippen LogP) is 2.62. The Balaban J connectivity index is 1.76. The van der Waals surface area contributed by atoms with E-state index in [0.29, 0.717) is 16.7 Å². The van der Waals surface area contributed by atoms with Gasteiger partial charge in [0.2, 0.25) is 5.95 Å². The molecule has 1 aromatic heterocycles. The molecule has 0 radical (unpaired) electrons. The van der Waals surface area contributed by atoms with Crippen molar-refractivity contribution in [2.24, 2.45) is 0 Å². The fourth-order valence-electron chi connectivity index (χ4n) is 2.69. The Labute approximate surface area is 137 Å². The number of aromatic nitrogens is 2. The van der Waals surface area contributed by atoms with Crippen molar-refractivity contribution in [1.82, 2.24) is 9.71 Å². The summed E-state index contributed by atoms with van der Waals surface area (Å²) < 4.78 is 1.21. The summed E-state index contributed by atoms with van der Waals surface area (Å²) >= 11 is 0. The Bertz CT molecular complexity index is 1080. The average molecular weight is 318 g/mol. The zero-order valence-corrected chi connectivity index (χ0v) is 12.6. The molecule has 0 saturated carbocycles. The number of rotatable bonds is 2. The molecule has 3 aromatic carbocycles. The highest BCUT2D eigenvalue weighted by atomic mass is 16.7. The van der Waals surface area contributed by atoms with E-state index < -0.39 is 5.97 Å². The van der Waals surface area contributed by atoms with E-state index >= 15 is 0 Å². The summed E-state index contributed by atoms with van der Waals surface area (Å²) in [6.45, 7) is 0. The third-order valence-corrected chi connectivity index (χ3v) is 3.86. The molecule has 0 aliphatic rings. The van der Waals surface area contributed by atoms with E-state index in [4.69, 9.17) is 16.3 Å². The first-order chi connectivity index (χ1) is 11.6. The lowest BCUT2D eigenvalue weighted by molar-refractivity contribution is 0.0491. The third kappa shape index (κ3) is 2.21. The molecule has 6 nitrogen and oxygen atoms in total. The molecule has 1 heterocycles. The van der Waals surface area contributed by atoms with Crippen LogP contribution in [0.4, 0.5) is 11.6 Å². The van der Waals surface area contributed by atoms with Crippen molar-refractivity contribution >= 4 is 39.4 Å². The molecule has 0 aliphatic heterocycles. The topological polar surface area (TPSA) is 96.2 Å². The third-order valence-electron chi connectivity index (χ3n) is 3.86. The Morgan fingerprint density at radius 1 is 0.958 bits per heavy atom. The fraction of sp³-hybridized carbons (Fsp3) is 0. The molecule has 0 saturated heterocycles. The number of nitrogens with zero attached hydrogens (tertiary/aromatic N) is 2. The number of carbonyl (C=O) groups excluding carboxylic acids is 1. The van der Waals surface area contributed by atoms with Crippen molar-refractivity contribution in [3.8, 4) is 0 Å². The number of nitrogen functional groups attached to an aromatic ring is 2. The second kappa shape index (κ2) is 5.27. The zero-order chi connectivity index (χ0) is 16.7. The van der Waals surface area contributed by atoms with Crippen LogP contribution in [0.3, 0.4) is 0 Å². The summed E-state index contributed by atoms with van der Waals surface area (Å²) in [6, 6.07) is 18.3. The highest BCUT2D eigenvalue weighted by molar-refractivity contribution is 6.01. The Morgan fingerprint density at radius 2 is 1.62 bits per heavy atom. The van der Waals surface area contributed by atoms with Gasteiger partial charge < -0.3 is 16.3 Å². The standard InChI is InChI=1S/C18H14N4O2/c19-14-10-12-6-2-1-5-11(12)9-13(14)17(23)24-22-16-8-4-3-7-15(16)21-18(22)20/h1-10H,19H2,(H2,20,21). The van der Waals surface area contributed by atoms with Crippen LogP contribution in [0.15, 0.2) is 60.7 Å². The summed E-state index contributed by atoms with van der Waals surface area (Å²) in [5, 5.41) is 1.86. The molecule has 4 rings (SSSR count). The fourth-order valence-corrected chi connectivity index (χ4v) is 2.69. The van der Waals surface area contributed by atoms with Gasteiger partial charge in [-0.25, -0.2) is 9.78 Å². The molecular formula is C18H14N4O2. The SMILES string of the molecule is Nc1cc2ccccc2cc1C(=O)On1c(N)nc2ccccc21. The van der Waals surface area contributed by atoms with Crippen molar-refractivity contribution in [3.05, 3.63) is 66.2 Å². The number of para-hydroxylation sites is 2. The molecule has 0 spiro atoms. The van der Waals surface area contributed by atoms with Gasteiger partial charge in [-0.1, -0.05) is 36.4 Å². The molecule has 0 unspecified atom stereocenters. The number of fused-ring (bicyclic) bond motifs is 2. The minimum Gasteiger partial charge on any atom is -0.398 e. The van der Waals surface area contributed by atoms with Crippen LogP contribution < -0.4 is 16.3 Å². The van der Waals surface area contributed by atoms with Crippen LogP contribution in [0.25, 0.3) is 21.8 Å². The molecule has 0 fully saturated rings. The lowest BCUT2D eigenvalue weighted by Gasteiger charge is -2.09. The van der Waals surface area contributed by atoms with Gasteiger partial charge in [-0.05, 0) is 35.0 Å². The van der Waals surface area contributed by atoms with Crippen molar-refractivity contribution in [1.29, 1.82) is 0 Å². The summed E-state index contributed by atoms with van der Waals surface area (Å²) in [5.74, 6) is -0.489. The van der Waals surface area contributed by atoms with Crippen LogP contribution in [0.1, 0.15) is 10.4 Å². The highest BCUT2D eigenvalue weighted by Crippen LogP contribution is 2.23. The van der Waals surface area contributed by atoms with Gasteiger partial charge in [-0.15, -0.1) is 4.73 Å². The van der Waals surface area contributed by atoms with Gasteiger partial charge in [0.25, 0.3) is 0 Å². The van der Waals surface area contributed by atoms with E-state index in [1.54, 1.807) is 24.3 Å². The van der Waals surface area contributed by atoms with Crippen molar-refractivity contribution in [2.75, 3.05) is 11.5 Å². The van der Waals surface area contributed by atoms with Gasteiger partial charge in [0.15, 0.2) is 0 Å². The number of benzene rings is 3.